The molecule has 17 heavy (non-hydrogen) atoms. The third-order valence-electron chi connectivity index (χ3n) is 3.49. The van der Waals surface area contributed by atoms with Gasteiger partial charge in [-0.15, -0.1) is 0 Å². The van der Waals surface area contributed by atoms with E-state index in [0.29, 0.717) is 12.1 Å². The standard InChI is InChI=1S/C15H23NS/c1-12(11-14-7-4-3-5-8-14)16-15-9-6-10-17-13(15)2/h3-5,7-8,12-13,15-16H,6,9-11H2,1-2H3. The Morgan fingerprint density at radius 1 is 1.35 bits per heavy atom. The third kappa shape index (κ3) is 4.04. The molecule has 2 heteroatoms. The van der Waals surface area contributed by atoms with Gasteiger partial charge in [-0.2, -0.15) is 11.8 Å². The molecule has 0 aromatic heterocycles. The Kier molecular flexibility index (Phi) is 4.93. The summed E-state index contributed by atoms with van der Waals surface area (Å²) >= 11 is 2.11. The summed E-state index contributed by atoms with van der Waals surface area (Å²) in [5.74, 6) is 1.34. The summed E-state index contributed by atoms with van der Waals surface area (Å²) in [4.78, 5) is 0. The highest BCUT2D eigenvalue weighted by molar-refractivity contribution is 7.99. The van der Waals surface area contributed by atoms with Crippen molar-refractivity contribution in [1.29, 1.82) is 0 Å². The lowest BCUT2D eigenvalue weighted by atomic mass is 10.0. The van der Waals surface area contributed by atoms with Gasteiger partial charge >= 0.3 is 0 Å². The van der Waals surface area contributed by atoms with Gasteiger partial charge in [0, 0.05) is 17.3 Å². The van der Waals surface area contributed by atoms with Gasteiger partial charge in [0.1, 0.15) is 0 Å². The predicted molar refractivity (Wildman–Crippen MR) is 77.7 cm³/mol. The quantitative estimate of drug-likeness (QED) is 0.876. The maximum Gasteiger partial charge on any atom is 0.0186 e. The average molecular weight is 249 g/mol. The van der Waals surface area contributed by atoms with E-state index >= 15 is 0 Å². The lowest BCUT2D eigenvalue weighted by Gasteiger charge is -2.31. The number of rotatable bonds is 4. The molecular weight excluding hydrogens is 226 g/mol. The van der Waals surface area contributed by atoms with Gasteiger partial charge < -0.3 is 5.32 Å². The molecule has 0 aliphatic carbocycles. The maximum atomic E-state index is 3.80. The Morgan fingerprint density at radius 2 is 2.12 bits per heavy atom. The van der Waals surface area contributed by atoms with E-state index < -0.39 is 0 Å². The first-order chi connectivity index (χ1) is 8.25. The van der Waals surface area contributed by atoms with Crippen molar-refractivity contribution in [2.24, 2.45) is 0 Å². The molecule has 1 saturated heterocycles. The Bertz CT molecular complexity index is 325. The minimum absolute atomic E-state index is 0.573. The molecule has 1 aliphatic heterocycles. The molecule has 3 unspecified atom stereocenters. The molecule has 1 aromatic rings. The largest absolute Gasteiger partial charge is 0.310 e. The number of hydrogen-bond acceptors (Lipinski definition) is 2. The van der Waals surface area contributed by atoms with Crippen molar-refractivity contribution in [1.82, 2.24) is 5.32 Å². The second-order valence-electron chi connectivity index (χ2n) is 5.08. The van der Waals surface area contributed by atoms with Crippen molar-refractivity contribution >= 4 is 11.8 Å². The number of thioether (sulfide) groups is 1. The first-order valence-electron chi connectivity index (χ1n) is 6.67. The molecule has 1 heterocycles. The van der Waals surface area contributed by atoms with Gasteiger partial charge in [0.25, 0.3) is 0 Å². The van der Waals surface area contributed by atoms with Gasteiger partial charge in [0.15, 0.2) is 0 Å². The van der Waals surface area contributed by atoms with Crippen LogP contribution in [0.25, 0.3) is 0 Å². The van der Waals surface area contributed by atoms with Gasteiger partial charge in [-0.1, -0.05) is 37.3 Å². The summed E-state index contributed by atoms with van der Waals surface area (Å²) in [7, 11) is 0. The normalized spacial score (nSPS) is 26.7. The molecule has 0 spiro atoms. The Morgan fingerprint density at radius 3 is 2.82 bits per heavy atom. The van der Waals surface area contributed by atoms with E-state index in [1.54, 1.807) is 0 Å². The van der Waals surface area contributed by atoms with Crippen LogP contribution in [0.5, 0.6) is 0 Å². The van der Waals surface area contributed by atoms with Crippen LogP contribution < -0.4 is 5.32 Å². The summed E-state index contributed by atoms with van der Waals surface area (Å²) in [5, 5.41) is 4.56. The van der Waals surface area contributed by atoms with Crippen LogP contribution in [0.4, 0.5) is 0 Å². The van der Waals surface area contributed by atoms with Gasteiger partial charge in [-0.25, -0.2) is 0 Å². The minimum Gasteiger partial charge on any atom is -0.310 e. The van der Waals surface area contributed by atoms with Gasteiger partial charge in [-0.3, -0.25) is 0 Å². The summed E-state index contributed by atoms with van der Waals surface area (Å²) < 4.78 is 0. The highest BCUT2D eigenvalue weighted by atomic mass is 32.2. The van der Waals surface area contributed by atoms with E-state index in [0.717, 1.165) is 11.7 Å². The van der Waals surface area contributed by atoms with Crippen molar-refractivity contribution in [3.63, 3.8) is 0 Å². The van der Waals surface area contributed by atoms with E-state index in [2.05, 4.69) is 61.3 Å². The zero-order chi connectivity index (χ0) is 12.1. The van der Waals surface area contributed by atoms with Crippen molar-refractivity contribution in [3.05, 3.63) is 35.9 Å². The van der Waals surface area contributed by atoms with E-state index in [4.69, 9.17) is 0 Å². The fourth-order valence-electron chi connectivity index (χ4n) is 2.53. The van der Waals surface area contributed by atoms with Crippen LogP contribution in [0.1, 0.15) is 32.3 Å². The minimum atomic E-state index is 0.573. The first-order valence-corrected chi connectivity index (χ1v) is 7.72. The summed E-state index contributed by atoms with van der Waals surface area (Å²) in [6.07, 6.45) is 3.84. The number of benzene rings is 1. The smallest absolute Gasteiger partial charge is 0.0186 e. The summed E-state index contributed by atoms with van der Waals surface area (Å²) in [6.45, 7) is 4.66. The van der Waals surface area contributed by atoms with Crippen LogP contribution in [0.2, 0.25) is 0 Å². The molecular formula is C15H23NS. The SMILES string of the molecule is CC(Cc1ccccc1)NC1CCCSC1C. The Hall–Kier alpha value is -0.470. The highest BCUT2D eigenvalue weighted by Gasteiger charge is 2.22. The van der Waals surface area contributed by atoms with Gasteiger partial charge in [-0.05, 0) is 37.5 Å². The second kappa shape index (κ2) is 6.46. The number of hydrogen-bond donors (Lipinski definition) is 1. The third-order valence-corrected chi connectivity index (χ3v) is 4.87. The molecule has 1 aliphatic rings. The molecule has 0 saturated carbocycles. The molecule has 94 valence electrons. The molecule has 1 fully saturated rings. The lowest BCUT2D eigenvalue weighted by molar-refractivity contribution is 0.408. The van der Waals surface area contributed by atoms with Crippen LogP contribution in [0.3, 0.4) is 0 Å². The molecule has 0 amide bonds. The summed E-state index contributed by atoms with van der Waals surface area (Å²) in [6, 6.07) is 12.1. The van der Waals surface area contributed by atoms with Crippen LogP contribution >= 0.6 is 11.8 Å². The fourth-order valence-corrected chi connectivity index (χ4v) is 3.69. The van der Waals surface area contributed by atoms with Crippen LogP contribution in [-0.4, -0.2) is 23.1 Å². The van der Waals surface area contributed by atoms with Crippen LogP contribution in [0, 0.1) is 0 Å². The predicted octanol–water partition coefficient (Wildman–Crippen LogP) is 3.49. The van der Waals surface area contributed by atoms with E-state index in [-0.39, 0.29) is 0 Å². The first kappa shape index (κ1) is 13.0. The average Bonchev–Trinajstić information content (AvgIpc) is 2.33. The summed E-state index contributed by atoms with van der Waals surface area (Å²) in [5.41, 5.74) is 1.43. The second-order valence-corrected chi connectivity index (χ2v) is 6.57. The molecule has 1 N–H and O–H groups in total. The Labute approximate surface area is 109 Å². The van der Waals surface area contributed by atoms with Crippen LogP contribution in [-0.2, 0) is 6.42 Å². The van der Waals surface area contributed by atoms with Gasteiger partial charge in [0.05, 0.1) is 0 Å². The zero-order valence-electron chi connectivity index (χ0n) is 10.9. The number of nitrogens with one attached hydrogen (secondary N) is 1. The van der Waals surface area contributed by atoms with E-state index in [1.807, 2.05) is 0 Å². The van der Waals surface area contributed by atoms with Crippen molar-refractivity contribution in [3.8, 4) is 0 Å². The Balaban J connectivity index is 1.82. The molecule has 0 bridgehead atoms. The van der Waals surface area contributed by atoms with Crippen molar-refractivity contribution < 1.29 is 0 Å². The molecule has 2 rings (SSSR count). The van der Waals surface area contributed by atoms with Crippen molar-refractivity contribution in [2.45, 2.75) is 50.4 Å². The van der Waals surface area contributed by atoms with Crippen LogP contribution in [0.15, 0.2) is 30.3 Å². The molecule has 3 atom stereocenters. The van der Waals surface area contributed by atoms with Crippen molar-refractivity contribution in [2.75, 3.05) is 5.75 Å². The topological polar surface area (TPSA) is 12.0 Å². The molecule has 1 nitrogen and oxygen atoms in total. The van der Waals surface area contributed by atoms with E-state index in [1.165, 1.54) is 24.2 Å². The zero-order valence-corrected chi connectivity index (χ0v) is 11.7. The molecule has 1 aromatic carbocycles. The fraction of sp³-hybridized carbons (Fsp3) is 0.600. The highest BCUT2D eigenvalue weighted by Crippen LogP contribution is 2.25. The maximum absolute atomic E-state index is 3.80. The van der Waals surface area contributed by atoms with Gasteiger partial charge in [0.2, 0.25) is 0 Å². The lowest BCUT2D eigenvalue weighted by Crippen LogP contribution is -2.44. The van der Waals surface area contributed by atoms with E-state index in [9.17, 15) is 0 Å². The monoisotopic (exact) mass is 249 g/mol. The molecule has 0 radical (unpaired) electrons.